The summed E-state index contributed by atoms with van der Waals surface area (Å²) in [5.41, 5.74) is 1.97. The average Bonchev–Trinajstić information content (AvgIpc) is 2.54. The molecule has 7 heteroatoms. The predicted octanol–water partition coefficient (Wildman–Crippen LogP) is 1.24. The van der Waals surface area contributed by atoms with E-state index in [4.69, 9.17) is 0 Å². The van der Waals surface area contributed by atoms with Crippen molar-refractivity contribution in [2.75, 3.05) is 19.6 Å². The average molecular weight is 309 g/mol. The highest BCUT2D eigenvalue weighted by Gasteiger charge is 2.21. The SMILES string of the molecule is Cc1cc(C)n(C(C)C(=O)NCC2CNC2)n1.Cl.Cl. The first-order valence-corrected chi connectivity index (χ1v) is 6.09. The van der Waals surface area contributed by atoms with Crippen molar-refractivity contribution in [1.29, 1.82) is 0 Å². The van der Waals surface area contributed by atoms with Crippen molar-refractivity contribution < 1.29 is 4.79 Å². The Kier molecular flexibility index (Phi) is 7.41. The van der Waals surface area contributed by atoms with E-state index < -0.39 is 0 Å². The van der Waals surface area contributed by atoms with Gasteiger partial charge in [0.1, 0.15) is 6.04 Å². The number of hydrogen-bond acceptors (Lipinski definition) is 3. The number of aromatic nitrogens is 2. The van der Waals surface area contributed by atoms with Crippen molar-refractivity contribution in [3.05, 3.63) is 17.5 Å². The summed E-state index contributed by atoms with van der Waals surface area (Å²) < 4.78 is 1.78. The third kappa shape index (κ3) is 4.37. The molecule has 2 N–H and O–H groups in total. The van der Waals surface area contributed by atoms with Crippen LogP contribution in [0.3, 0.4) is 0 Å². The normalized spacial score (nSPS) is 15.7. The van der Waals surface area contributed by atoms with Crippen molar-refractivity contribution in [3.63, 3.8) is 0 Å². The summed E-state index contributed by atoms with van der Waals surface area (Å²) in [6.07, 6.45) is 0. The Balaban J connectivity index is 0.00000162. The highest BCUT2D eigenvalue weighted by Crippen LogP contribution is 2.11. The van der Waals surface area contributed by atoms with Gasteiger partial charge in [-0.2, -0.15) is 5.10 Å². The summed E-state index contributed by atoms with van der Waals surface area (Å²) in [4.78, 5) is 12.0. The fourth-order valence-electron chi connectivity index (χ4n) is 2.03. The molecule has 1 unspecified atom stereocenters. The minimum atomic E-state index is -0.239. The maximum absolute atomic E-state index is 12.0. The van der Waals surface area contributed by atoms with Crippen molar-refractivity contribution in [1.82, 2.24) is 20.4 Å². The summed E-state index contributed by atoms with van der Waals surface area (Å²) in [5.74, 6) is 0.634. The van der Waals surface area contributed by atoms with E-state index in [0.717, 1.165) is 31.0 Å². The number of nitrogens with one attached hydrogen (secondary N) is 2. The van der Waals surface area contributed by atoms with E-state index in [9.17, 15) is 4.79 Å². The van der Waals surface area contributed by atoms with Gasteiger partial charge < -0.3 is 10.6 Å². The van der Waals surface area contributed by atoms with Crippen LogP contribution in [0.4, 0.5) is 0 Å². The number of aryl methyl sites for hydroxylation is 2. The Bertz CT molecular complexity index is 418. The first kappa shape index (κ1) is 18.2. The van der Waals surface area contributed by atoms with Gasteiger partial charge >= 0.3 is 0 Å². The number of amides is 1. The molecule has 19 heavy (non-hydrogen) atoms. The molecule has 0 aromatic carbocycles. The molecule has 1 aromatic rings. The minimum Gasteiger partial charge on any atom is -0.354 e. The van der Waals surface area contributed by atoms with Gasteiger partial charge in [-0.1, -0.05) is 0 Å². The van der Waals surface area contributed by atoms with E-state index in [1.165, 1.54) is 0 Å². The van der Waals surface area contributed by atoms with E-state index in [0.29, 0.717) is 5.92 Å². The molecule has 1 aliphatic rings. The monoisotopic (exact) mass is 308 g/mol. The highest BCUT2D eigenvalue weighted by molar-refractivity contribution is 5.85. The summed E-state index contributed by atoms with van der Waals surface area (Å²) >= 11 is 0. The second-order valence-electron chi connectivity index (χ2n) is 4.82. The number of hydrogen-bond donors (Lipinski definition) is 2. The van der Waals surface area contributed by atoms with E-state index in [2.05, 4.69) is 15.7 Å². The van der Waals surface area contributed by atoms with Gasteiger partial charge in [0.25, 0.3) is 0 Å². The van der Waals surface area contributed by atoms with Crippen LogP contribution >= 0.6 is 24.8 Å². The van der Waals surface area contributed by atoms with Crippen LogP contribution in [0.5, 0.6) is 0 Å². The molecule has 0 aliphatic carbocycles. The smallest absolute Gasteiger partial charge is 0.244 e. The van der Waals surface area contributed by atoms with Gasteiger partial charge in [0.15, 0.2) is 0 Å². The number of halogens is 2. The zero-order valence-corrected chi connectivity index (χ0v) is 13.1. The predicted molar refractivity (Wildman–Crippen MR) is 80.3 cm³/mol. The summed E-state index contributed by atoms with van der Waals surface area (Å²) in [7, 11) is 0. The number of carbonyl (C=O) groups is 1. The molecule has 5 nitrogen and oxygen atoms in total. The first-order valence-electron chi connectivity index (χ1n) is 6.09. The van der Waals surface area contributed by atoms with Gasteiger partial charge in [-0.05, 0) is 26.8 Å². The van der Waals surface area contributed by atoms with Crippen LogP contribution in [0, 0.1) is 19.8 Å². The number of rotatable bonds is 4. The van der Waals surface area contributed by atoms with Crippen LogP contribution in [0.2, 0.25) is 0 Å². The van der Waals surface area contributed by atoms with Crippen LogP contribution in [0.1, 0.15) is 24.4 Å². The van der Waals surface area contributed by atoms with Crippen LogP contribution in [0.15, 0.2) is 6.07 Å². The van der Waals surface area contributed by atoms with Crippen molar-refractivity contribution >= 4 is 30.7 Å². The zero-order chi connectivity index (χ0) is 12.4. The van der Waals surface area contributed by atoms with Gasteiger partial charge in [0.2, 0.25) is 5.91 Å². The maximum Gasteiger partial charge on any atom is 0.244 e. The van der Waals surface area contributed by atoms with E-state index in [-0.39, 0.29) is 36.8 Å². The van der Waals surface area contributed by atoms with Crippen LogP contribution < -0.4 is 10.6 Å². The number of carbonyl (C=O) groups excluding carboxylic acids is 1. The van der Waals surface area contributed by atoms with Crippen LogP contribution in [0.25, 0.3) is 0 Å². The summed E-state index contributed by atoms with van der Waals surface area (Å²) in [6, 6.07) is 1.75. The van der Waals surface area contributed by atoms with E-state index in [1.54, 1.807) is 4.68 Å². The molecule has 2 rings (SSSR count). The largest absolute Gasteiger partial charge is 0.354 e. The third-order valence-electron chi connectivity index (χ3n) is 3.22. The van der Waals surface area contributed by atoms with Gasteiger partial charge in [-0.3, -0.25) is 9.48 Å². The lowest BCUT2D eigenvalue weighted by atomic mass is 10.0. The summed E-state index contributed by atoms with van der Waals surface area (Å²) in [5, 5.41) is 10.5. The Morgan fingerprint density at radius 1 is 1.53 bits per heavy atom. The molecule has 1 aliphatic heterocycles. The third-order valence-corrected chi connectivity index (χ3v) is 3.22. The molecule has 0 bridgehead atoms. The lowest BCUT2D eigenvalue weighted by Gasteiger charge is -2.27. The molecule has 1 aromatic heterocycles. The molecule has 0 saturated carbocycles. The van der Waals surface area contributed by atoms with Gasteiger partial charge in [0, 0.05) is 31.2 Å². The summed E-state index contributed by atoms with van der Waals surface area (Å²) in [6.45, 7) is 8.57. The first-order chi connectivity index (χ1) is 8.08. The highest BCUT2D eigenvalue weighted by atomic mass is 35.5. The van der Waals surface area contributed by atoms with Crippen LogP contribution in [-0.2, 0) is 4.79 Å². The second-order valence-corrected chi connectivity index (χ2v) is 4.82. The lowest BCUT2D eigenvalue weighted by Crippen LogP contribution is -2.49. The molecular weight excluding hydrogens is 287 g/mol. The standard InChI is InChI=1S/C12H20N4O.2ClH/c1-8-4-9(2)16(15-8)10(3)12(17)14-7-11-5-13-6-11;;/h4,10-11,13H,5-7H2,1-3H3,(H,14,17);2*1H. The molecule has 1 saturated heterocycles. The topological polar surface area (TPSA) is 59.0 Å². The molecular formula is C12H22Cl2N4O. The molecule has 1 atom stereocenters. The molecule has 110 valence electrons. The molecule has 1 amide bonds. The second kappa shape index (κ2) is 7.72. The molecule has 1 fully saturated rings. The Hall–Kier alpha value is -0.780. The van der Waals surface area contributed by atoms with Crippen molar-refractivity contribution in [3.8, 4) is 0 Å². The van der Waals surface area contributed by atoms with E-state index in [1.807, 2.05) is 26.8 Å². The fourth-order valence-corrected chi connectivity index (χ4v) is 2.03. The number of nitrogens with zero attached hydrogens (tertiary/aromatic N) is 2. The quantitative estimate of drug-likeness (QED) is 0.880. The molecule has 0 spiro atoms. The van der Waals surface area contributed by atoms with E-state index >= 15 is 0 Å². The Labute approximate surface area is 126 Å². The molecule has 2 heterocycles. The van der Waals surface area contributed by atoms with Gasteiger partial charge in [-0.25, -0.2) is 0 Å². The lowest BCUT2D eigenvalue weighted by molar-refractivity contribution is -0.124. The maximum atomic E-state index is 12.0. The Morgan fingerprint density at radius 2 is 2.16 bits per heavy atom. The van der Waals surface area contributed by atoms with Gasteiger partial charge in [-0.15, -0.1) is 24.8 Å². The fraction of sp³-hybridized carbons (Fsp3) is 0.667. The van der Waals surface area contributed by atoms with Gasteiger partial charge in [0.05, 0.1) is 5.69 Å². The zero-order valence-electron chi connectivity index (χ0n) is 11.5. The van der Waals surface area contributed by atoms with Crippen molar-refractivity contribution in [2.45, 2.75) is 26.8 Å². The Morgan fingerprint density at radius 3 is 2.58 bits per heavy atom. The minimum absolute atomic E-state index is 0. The van der Waals surface area contributed by atoms with Crippen LogP contribution in [-0.4, -0.2) is 35.3 Å². The molecule has 0 radical (unpaired) electrons. The van der Waals surface area contributed by atoms with Crippen molar-refractivity contribution in [2.24, 2.45) is 5.92 Å².